The Hall–Kier alpha value is -3.95. The lowest BCUT2D eigenvalue weighted by molar-refractivity contribution is 0.416. The summed E-state index contributed by atoms with van der Waals surface area (Å²) in [5.41, 5.74) is 11.4. The molecule has 0 atom stereocenters. The molecular weight excluding hydrogens is 536 g/mol. The first-order chi connectivity index (χ1) is 19.8. The van der Waals surface area contributed by atoms with Gasteiger partial charge in [0.1, 0.15) is 5.75 Å². The molecule has 5 aromatic rings. The maximum absolute atomic E-state index is 6.39. The highest BCUT2D eigenvalue weighted by atomic mass is 35.5. The average molecular weight is 575 g/mol. The molecular formula is C38H39ClN2O. The van der Waals surface area contributed by atoms with Crippen molar-refractivity contribution in [2.45, 2.75) is 59.3 Å². The van der Waals surface area contributed by atoms with Crippen molar-refractivity contribution in [1.82, 2.24) is 9.97 Å². The van der Waals surface area contributed by atoms with E-state index in [2.05, 4.69) is 102 Å². The number of hydrogen-bond acceptors (Lipinski definition) is 3. The molecule has 0 unspecified atom stereocenters. The van der Waals surface area contributed by atoms with Gasteiger partial charge in [-0.2, -0.15) is 0 Å². The van der Waals surface area contributed by atoms with Crippen LogP contribution >= 0.6 is 11.6 Å². The molecule has 4 heteroatoms. The van der Waals surface area contributed by atoms with Crippen LogP contribution in [0.25, 0.3) is 44.9 Å². The average Bonchev–Trinajstić information content (AvgIpc) is 2.95. The minimum atomic E-state index is 0.00771. The molecule has 0 spiro atoms. The van der Waals surface area contributed by atoms with Gasteiger partial charge >= 0.3 is 0 Å². The van der Waals surface area contributed by atoms with Crippen LogP contribution in [0.3, 0.4) is 0 Å². The Kier molecular flexibility index (Phi) is 8.00. The number of hydrogen-bond donors (Lipinski definition) is 0. The Bertz CT molecular complexity index is 1710. The molecule has 0 aliphatic rings. The second-order valence-electron chi connectivity index (χ2n) is 13.0. The van der Waals surface area contributed by atoms with Gasteiger partial charge in [-0.1, -0.05) is 102 Å². The Labute approximate surface area is 255 Å². The Morgan fingerprint density at radius 1 is 0.571 bits per heavy atom. The van der Waals surface area contributed by atoms with Gasteiger partial charge in [0.2, 0.25) is 0 Å². The fraction of sp³-hybridized carbons (Fsp3) is 0.263. The van der Waals surface area contributed by atoms with Gasteiger partial charge in [-0.25, -0.2) is 4.98 Å². The van der Waals surface area contributed by atoms with E-state index in [1.807, 2.05) is 37.3 Å². The number of aromatic nitrogens is 2. The van der Waals surface area contributed by atoms with Gasteiger partial charge in [-0.15, -0.1) is 0 Å². The van der Waals surface area contributed by atoms with Crippen molar-refractivity contribution in [2.24, 2.45) is 0 Å². The summed E-state index contributed by atoms with van der Waals surface area (Å²) < 4.78 is 5.76. The van der Waals surface area contributed by atoms with E-state index in [0.717, 1.165) is 50.8 Å². The largest absolute Gasteiger partial charge is 0.496 e. The van der Waals surface area contributed by atoms with E-state index in [9.17, 15) is 0 Å². The van der Waals surface area contributed by atoms with Crippen LogP contribution in [0, 0.1) is 6.92 Å². The van der Waals surface area contributed by atoms with Crippen LogP contribution in [0.4, 0.5) is 0 Å². The number of benzene rings is 3. The third-order valence-corrected chi connectivity index (χ3v) is 7.80. The zero-order valence-electron chi connectivity index (χ0n) is 25.8. The molecule has 2 heterocycles. The minimum Gasteiger partial charge on any atom is -0.496 e. The highest BCUT2D eigenvalue weighted by Crippen LogP contribution is 2.38. The monoisotopic (exact) mass is 574 g/mol. The molecule has 0 bridgehead atoms. The zero-order valence-corrected chi connectivity index (χ0v) is 26.6. The summed E-state index contributed by atoms with van der Waals surface area (Å²) in [6.45, 7) is 15.6. The summed E-state index contributed by atoms with van der Waals surface area (Å²) in [6, 6.07) is 31.6. The number of aryl methyl sites for hydroxylation is 1. The fourth-order valence-corrected chi connectivity index (χ4v) is 5.37. The first-order valence-corrected chi connectivity index (χ1v) is 14.8. The van der Waals surface area contributed by atoms with Crippen molar-refractivity contribution in [3.8, 4) is 50.6 Å². The molecule has 0 saturated carbocycles. The summed E-state index contributed by atoms with van der Waals surface area (Å²) in [5.74, 6) is 0.791. The minimum absolute atomic E-state index is 0.00771. The van der Waals surface area contributed by atoms with E-state index in [-0.39, 0.29) is 10.8 Å². The van der Waals surface area contributed by atoms with Crippen LogP contribution in [0.15, 0.2) is 91.0 Å². The van der Waals surface area contributed by atoms with Crippen LogP contribution in [0.2, 0.25) is 5.02 Å². The third-order valence-electron chi connectivity index (χ3n) is 7.58. The van der Waals surface area contributed by atoms with Crippen molar-refractivity contribution < 1.29 is 4.74 Å². The van der Waals surface area contributed by atoms with E-state index < -0.39 is 0 Å². The van der Waals surface area contributed by atoms with Crippen LogP contribution in [-0.2, 0) is 10.8 Å². The number of rotatable bonds is 5. The molecule has 0 N–H and O–H groups in total. The molecule has 2 aromatic heterocycles. The maximum atomic E-state index is 6.39. The van der Waals surface area contributed by atoms with Crippen molar-refractivity contribution in [2.75, 3.05) is 7.11 Å². The van der Waals surface area contributed by atoms with Crippen molar-refractivity contribution in [3.05, 3.63) is 113 Å². The lowest BCUT2D eigenvalue weighted by atomic mass is 9.79. The van der Waals surface area contributed by atoms with E-state index in [1.54, 1.807) is 7.11 Å². The van der Waals surface area contributed by atoms with Crippen LogP contribution in [0.5, 0.6) is 5.75 Å². The molecule has 3 nitrogen and oxygen atoms in total. The van der Waals surface area contributed by atoms with E-state index in [1.165, 1.54) is 16.7 Å². The quantitative estimate of drug-likeness (QED) is 0.209. The van der Waals surface area contributed by atoms with Gasteiger partial charge in [-0.05, 0) is 82.5 Å². The fourth-order valence-electron chi connectivity index (χ4n) is 5.11. The van der Waals surface area contributed by atoms with Crippen molar-refractivity contribution in [1.29, 1.82) is 0 Å². The normalized spacial score (nSPS) is 11.9. The summed E-state index contributed by atoms with van der Waals surface area (Å²) >= 11 is 6.39. The number of methoxy groups -OCH3 is 1. The topological polar surface area (TPSA) is 35.0 Å². The molecule has 42 heavy (non-hydrogen) atoms. The van der Waals surface area contributed by atoms with Crippen LogP contribution < -0.4 is 4.74 Å². The maximum Gasteiger partial charge on any atom is 0.128 e. The van der Waals surface area contributed by atoms with Gasteiger partial charge < -0.3 is 4.74 Å². The van der Waals surface area contributed by atoms with E-state index in [4.69, 9.17) is 26.3 Å². The molecule has 3 aromatic carbocycles. The number of halogens is 1. The molecule has 5 rings (SSSR count). The molecule has 0 fully saturated rings. The lowest BCUT2D eigenvalue weighted by Gasteiger charge is -2.26. The second-order valence-corrected chi connectivity index (χ2v) is 13.5. The molecule has 0 amide bonds. The molecule has 214 valence electrons. The lowest BCUT2D eigenvalue weighted by Crippen LogP contribution is -2.16. The summed E-state index contributed by atoms with van der Waals surface area (Å²) in [7, 11) is 1.70. The second kappa shape index (κ2) is 11.4. The van der Waals surface area contributed by atoms with Gasteiger partial charge in [0.15, 0.2) is 0 Å². The van der Waals surface area contributed by atoms with E-state index >= 15 is 0 Å². The van der Waals surface area contributed by atoms with Gasteiger partial charge in [0.05, 0.1) is 24.2 Å². The summed E-state index contributed by atoms with van der Waals surface area (Å²) in [6.07, 6.45) is 0. The summed E-state index contributed by atoms with van der Waals surface area (Å²) in [4.78, 5) is 9.93. The highest BCUT2D eigenvalue weighted by Gasteiger charge is 2.22. The number of para-hydroxylation sites is 1. The summed E-state index contributed by atoms with van der Waals surface area (Å²) in [5, 5.41) is 0.676. The standard InChI is InChI=1S/C38H39ClN2O/c1-24-16-31(39)23-34(40-24)26-13-11-12-25(17-26)33-20-28(21-35(41-33)32-14-9-10-15-36(32)42-8)27-18-29(37(2,3)4)22-30(19-27)38(5,6)7/h9-23H,1-8H3. The molecule has 0 aliphatic heterocycles. The van der Waals surface area contributed by atoms with Crippen molar-refractivity contribution in [3.63, 3.8) is 0 Å². The Balaban J connectivity index is 1.76. The molecule has 0 aliphatic carbocycles. The van der Waals surface area contributed by atoms with Gasteiger partial charge in [0, 0.05) is 27.4 Å². The third kappa shape index (κ3) is 6.42. The molecule has 0 radical (unpaired) electrons. The SMILES string of the molecule is COc1ccccc1-c1cc(-c2cc(C(C)(C)C)cc(C(C)(C)C)c2)cc(-c2cccc(-c3cc(Cl)cc(C)n3)c2)n1. The van der Waals surface area contributed by atoms with Gasteiger partial charge in [0.25, 0.3) is 0 Å². The van der Waals surface area contributed by atoms with Crippen molar-refractivity contribution >= 4 is 11.6 Å². The van der Waals surface area contributed by atoms with E-state index in [0.29, 0.717) is 5.02 Å². The Morgan fingerprint density at radius 2 is 1.14 bits per heavy atom. The predicted molar refractivity (Wildman–Crippen MR) is 177 cm³/mol. The first kappa shape index (κ1) is 29.5. The first-order valence-electron chi connectivity index (χ1n) is 14.4. The smallest absolute Gasteiger partial charge is 0.128 e. The predicted octanol–water partition coefficient (Wildman–Crippen LogP) is 10.7. The number of pyridine rings is 2. The van der Waals surface area contributed by atoms with Crippen LogP contribution in [0.1, 0.15) is 58.4 Å². The van der Waals surface area contributed by atoms with Crippen LogP contribution in [-0.4, -0.2) is 17.1 Å². The zero-order chi connectivity index (χ0) is 30.2. The van der Waals surface area contributed by atoms with Gasteiger partial charge in [-0.3, -0.25) is 4.98 Å². The number of ether oxygens (including phenoxy) is 1. The molecule has 0 saturated heterocycles. The highest BCUT2D eigenvalue weighted by molar-refractivity contribution is 6.30. The Morgan fingerprint density at radius 3 is 1.74 bits per heavy atom. The number of nitrogens with zero attached hydrogens (tertiary/aromatic N) is 2.